The van der Waals surface area contributed by atoms with Gasteiger partial charge in [0.05, 0.1) is 32.3 Å². The molecule has 0 saturated carbocycles. The van der Waals surface area contributed by atoms with Crippen LogP contribution in [0.4, 0.5) is 17.6 Å². The first-order valence-electron chi connectivity index (χ1n) is 27.7. The molecule has 0 bridgehead atoms. The normalized spacial score (nSPS) is 14.8. The summed E-state index contributed by atoms with van der Waals surface area (Å²) in [5.74, 6) is -13.6. The van der Waals surface area contributed by atoms with Gasteiger partial charge in [-0.1, -0.05) is 121 Å². The molecule has 10 aromatic rings. The summed E-state index contributed by atoms with van der Waals surface area (Å²) < 4.78 is 82.9. The molecule has 0 N–H and O–H groups in total. The number of halogens is 4. The molecule has 4 aliphatic carbocycles. The highest BCUT2D eigenvalue weighted by Gasteiger charge is 2.73. The van der Waals surface area contributed by atoms with Gasteiger partial charge in [0, 0.05) is 33.4 Å². The fourth-order valence-corrected chi connectivity index (χ4v) is 14.1. The van der Waals surface area contributed by atoms with Gasteiger partial charge in [-0.05, 0) is 104 Å². The lowest BCUT2D eigenvalue weighted by Crippen LogP contribution is -2.46. The average molecular weight is 1240 g/mol. The monoisotopic (exact) mass is 1240 g/mol. The van der Waals surface area contributed by atoms with Gasteiger partial charge in [0.15, 0.2) is 46.4 Å². The van der Waals surface area contributed by atoms with Gasteiger partial charge in [-0.25, -0.2) is 27.5 Å². The molecule has 14 rings (SSSR count). The number of nitrogens with zero attached hydrogens (tertiary/aromatic N) is 2. The van der Waals surface area contributed by atoms with E-state index in [2.05, 4.69) is 0 Å². The van der Waals surface area contributed by atoms with Crippen molar-refractivity contribution in [2.75, 3.05) is 0 Å². The van der Waals surface area contributed by atoms with Gasteiger partial charge in [-0.2, -0.15) is 0 Å². The van der Waals surface area contributed by atoms with Crippen LogP contribution in [0, 0.1) is 23.3 Å². The summed E-state index contributed by atoms with van der Waals surface area (Å²) in [5, 5.41) is -0.0130. The first-order chi connectivity index (χ1) is 43.5. The third-order valence-corrected chi connectivity index (χ3v) is 18.1. The topological polar surface area (TPSA) is 199 Å². The molecule has 0 spiro atoms. The first kappa shape index (κ1) is 56.8. The number of carbonyl (C=O) groups is 8. The number of ether oxygens (including phenoxy) is 4. The van der Waals surface area contributed by atoms with Crippen LogP contribution in [-0.4, -0.2) is 57.0 Å². The Bertz CT molecular complexity index is 4400. The van der Waals surface area contributed by atoms with Crippen LogP contribution in [0.15, 0.2) is 181 Å². The number of Topliss-reactive ketones (excluding diaryl/α,β-unsaturated/α-hetero) is 4. The van der Waals surface area contributed by atoms with Crippen molar-refractivity contribution in [3.63, 3.8) is 0 Å². The van der Waals surface area contributed by atoms with Crippen LogP contribution >= 0.6 is 22.7 Å². The van der Waals surface area contributed by atoms with Crippen LogP contribution in [0.1, 0.15) is 94.8 Å². The lowest BCUT2D eigenvalue weighted by molar-refractivity contribution is -0.165. The van der Waals surface area contributed by atoms with Crippen molar-refractivity contribution in [3.05, 3.63) is 280 Å². The van der Waals surface area contributed by atoms with Gasteiger partial charge in [-0.3, -0.25) is 38.4 Å². The lowest BCUT2D eigenvalue weighted by atomic mass is 9.79. The maximum atomic E-state index is 16.1. The maximum absolute atomic E-state index is 16.1. The average Bonchev–Trinajstić information content (AvgIpc) is 1.49. The van der Waals surface area contributed by atoms with Crippen LogP contribution < -0.4 is 0 Å². The fraction of sp³-hybridized carbons (Fsp3) is 0.0857. The smallest absolute Gasteiger partial charge is 0.334 e. The summed E-state index contributed by atoms with van der Waals surface area (Å²) in [7, 11) is 0. The van der Waals surface area contributed by atoms with Gasteiger partial charge >= 0.3 is 23.9 Å². The van der Waals surface area contributed by atoms with Crippen molar-refractivity contribution in [1.29, 1.82) is 0 Å². The van der Waals surface area contributed by atoms with Gasteiger partial charge in [0.2, 0.25) is 10.8 Å². The molecule has 2 heterocycles. The summed E-state index contributed by atoms with van der Waals surface area (Å²) in [6.07, 6.45) is 2.18. The number of hydrogen-bond acceptors (Lipinski definition) is 16. The molecule has 14 nitrogen and oxygen atoms in total. The molecular weight excluding hydrogens is 1200 g/mol. The molecule has 0 atom stereocenters. The number of aromatic nitrogens is 2. The minimum Gasteiger partial charge on any atom is -0.459 e. The molecular formula is C70H38F4N2O12S2. The van der Waals surface area contributed by atoms with Crippen LogP contribution in [-0.2, 0) is 75.4 Å². The molecule has 0 aliphatic heterocycles. The quantitative estimate of drug-likeness (QED) is 0.0249. The largest absolute Gasteiger partial charge is 0.459 e. The molecule has 0 fully saturated rings. The highest BCUT2D eigenvalue weighted by molar-refractivity contribution is 7.16. The zero-order valence-corrected chi connectivity index (χ0v) is 47.9. The Balaban J connectivity index is 1.02. The SMILES string of the molecule is O=C1C(=Cc2nc3c(s2)C2=C(c4sc(C=C5C(=O)c6cc7cc(F)c(F)cc7cc6C5=O)nc4C2(C(=O)OCc2ccccc2)C(=O)OCc2ccccc2)C3(C(=O)OCc2ccccc2)C(=O)OCc2ccccc2)C(=O)c2cc3cc(F)c(F)cc3cc21. The van der Waals surface area contributed by atoms with Crippen LogP contribution in [0.5, 0.6) is 0 Å². The van der Waals surface area contributed by atoms with E-state index in [1.54, 1.807) is 121 Å². The Labute approximate surface area is 514 Å². The maximum Gasteiger partial charge on any atom is 0.334 e. The van der Waals surface area contributed by atoms with Crippen molar-refractivity contribution in [2.45, 2.75) is 37.3 Å². The summed E-state index contributed by atoms with van der Waals surface area (Å²) in [4.78, 5) is 131. The number of esters is 4. The van der Waals surface area contributed by atoms with Gasteiger partial charge in [-0.15, -0.1) is 22.7 Å². The number of allylic oxidation sites excluding steroid dienone is 2. The predicted octanol–water partition coefficient (Wildman–Crippen LogP) is 12.8. The van der Waals surface area contributed by atoms with E-state index in [0.29, 0.717) is 44.9 Å². The standard InChI is InChI=1S/C70H38F4N2O12S2/c71-49-25-39-21-43-44(22-40(39)26-50(49)72)58(78)47(57(43)77)29-53-75-63-62(90-53)56-55(69(63,65(81)85-31-35-13-5-1-6-14-35)66(82)86-32-36-15-7-2-8-16-36)61-64(70(56,67(83)87-33-37-17-9-3-10-18-37)68(84)88-34-38-19-11-4-12-20-38)76-54(89-61)30-48-59(79)45-23-41-27-51(73)52(74)28-42(41)24-46(45)60(48)80/h1-30H,31-34H2. The third kappa shape index (κ3) is 9.12. The van der Waals surface area contributed by atoms with E-state index >= 15 is 19.2 Å². The van der Waals surface area contributed by atoms with Crippen LogP contribution in [0.3, 0.4) is 0 Å². The van der Waals surface area contributed by atoms with E-state index in [1.165, 1.54) is 24.3 Å². The number of hydrogen-bond donors (Lipinski definition) is 0. The van der Waals surface area contributed by atoms with E-state index in [-0.39, 0.29) is 63.6 Å². The molecule has 0 amide bonds. The van der Waals surface area contributed by atoms with Crippen molar-refractivity contribution in [3.8, 4) is 0 Å². The Morgan fingerprint density at radius 3 is 0.867 bits per heavy atom. The fourth-order valence-electron chi connectivity index (χ4n) is 11.7. The Hall–Kier alpha value is -11.0. The summed E-state index contributed by atoms with van der Waals surface area (Å²) in [5.41, 5.74) is -7.54. The second-order valence-electron chi connectivity index (χ2n) is 21.4. The molecule has 440 valence electrons. The lowest BCUT2D eigenvalue weighted by Gasteiger charge is -2.27. The molecule has 0 radical (unpaired) electrons. The van der Waals surface area contributed by atoms with Gasteiger partial charge in [0.1, 0.15) is 36.4 Å². The Morgan fingerprint density at radius 1 is 0.378 bits per heavy atom. The predicted molar refractivity (Wildman–Crippen MR) is 320 cm³/mol. The molecule has 0 unspecified atom stereocenters. The van der Waals surface area contributed by atoms with E-state index in [9.17, 15) is 36.7 Å². The Kier molecular flexibility index (Phi) is 13.9. The summed E-state index contributed by atoms with van der Waals surface area (Å²) in [6.45, 7) is -1.92. The molecule has 20 heteroatoms. The van der Waals surface area contributed by atoms with Crippen molar-refractivity contribution in [1.82, 2.24) is 9.97 Å². The Morgan fingerprint density at radius 2 is 0.622 bits per heavy atom. The highest BCUT2D eigenvalue weighted by Crippen LogP contribution is 2.67. The molecule has 4 aliphatic rings. The number of ketones is 4. The first-order valence-corrected chi connectivity index (χ1v) is 29.3. The number of benzene rings is 8. The van der Waals surface area contributed by atoms with Crippen molar-refractivity contribution in [2.24, 2.45) is 0 Å². The minimum atomic E-state index is -2.98. The molecule has 90 heavy (non-hydrogen) atoms. The molecule has 8 aromatic carbocycles. The van der Waals surface area contributed by atoms with Crippen molar-refractivity contribution < 1.29 is 74.9 Å². The van der Waals surface area contributed by atoms with Crippen LogP contribution in [0.25, 0.3) is 44.8 Å². The van der Waals surface area contributed by atoms with E-state index < -0.39 is 141 Å². The number of thiazole rings is 2. The number of fused-ring (bicyclic) bond motifs is 8. The van der Waals surface area contributed by atoms with E-state index in [1.807, 2.05) is 0 Å². The second kappa shape index (κ2) is 22.0. The van der Waals surface area contributed by atoms with Gasteiger partial charge in [0.25, 0.3) is 0 Å². The molecule has 2 aromatic heterocycles. The zero-order chi connectivity index (χ0) is 62.3. The zero-order valence-electron chi connectivity index (χ0n) is 46.3. The van der Waals surface area contributed by atoms with E-state index in [4.69, 9.17) is 28.9 Å². The summed E-state index contributed by atoms with van der Waals surface area (Å²) >= 11 is 1.31. The van der Waals surface area contributed by atoms with E-state index in [0.717, 1.165) is 36.4 Å². The number of carbonyl (C=O) groups excluding carboxylic acids is 8. The van der Waals surface area contributed by atoms with Crippen molar-refractivity contribution >= 4 is 115 Å². The highest BCUT2D eigenvalue weighted by atomic mass is 32.1. The third-order valence-electron chi connectivity index (χ3n) is 16.1. The minimum absolute atomic E-state index is 0.114. The number of rotatable bonds is 14. The second-order valence-corrected chi connectivity index (χ2v) is 23.5. The van der Waals surface area contributed by atoms with Crippen LogP contribution in [0.2, 0.25) is 0 Å². The molecule has 0 saturated heterocycles. The summed E-state index contributed by atoms with van der Waals surface area (Å²) in [6, 6.07) is 42.0. The van der Waals surface area contributed by atoms with Gasteiger partial charge < -0.3 is 18.9 Å².